The summed E-state index contributed by atoms with van der Waals surface area (Å²) in [6, 6.07) is 16.2. The van der Waals surface area contributed by atoms with E-state index in [4.69, 9.17) is 5.73 Å². The number of aryl methyl sites for hydroxylation is 1. The summed E-state index contributed by atoms with van der Waals surface area (Å²) in [4.78, 5) is 4.62. The van der Waals surface area contributed by atoms with Crippen molar-refractivity contribution >= 4 is 21.6 Å². The van der Waals surface area contributed by atoms with Gasteiger partial charge in [-0.25, -0.2) is 4.98 Å². The molecule has 0 saturated carbocycles. The van der Waals surface area contributed by atoms with E-state index < -0.39 is 0 Å². The maximum Gasteiger partial charge on any atom is 0.115 e. The normalized spacial score (nSPS) is 12.8. The Morgan fingerprint density at radius 1 is 1.06 bits per heavy atom. The summed E-state index contributed by atoms with van der Waals surface area (Å²) in [6.45, 7) is 2.09. The number of hydrogen-bond donors (Lipinski definition) is 1. The van der Waals surface area contributed by atoms with E-state index in [9.17, 15) is 0 Å². The first kappa shape index (κ1) is 11.4. The van der Waals surface area contributed by atoms with E-state index in [-0.39, 0.29) is 6.04 Å². The molecule has 0 aliphatic carbocycles. The van der Waals surface area contributed by atoms with Crippen molar-refractivity contribution in [2.24, 2.45) is 5.73 Å². The summed E-state index contributed by atoms with van der Waals surface area (Å²) >= 11 is 1.67. The molecule has 1 unspecified atom stereocenters. The molecule has 0 fully saturated rings. The number of aromatic nitrogens is 1. The maximum atomic E-state index is 6.33. The van der Waals surface area contributed by atoms with Crippen molar-refractivity contribution in [2.45, 2.75) is 13.0 Å². The molecule has 3 heteroatoms. The molecule has 3 aromatic rings. The first-order valence-electron chi connectivity index (χ1n) is 5.92. The Kier molecular flexibility index (Phi) is 2.86. The van der Waals surface area contributed by atoms with Gasteiger partial charge in [0.2, 0.25) is 0 Å². The van der Waals surface area contributed by atoms with Gasteiger partial charge in [0.15, 0.2) is 0 Å². The monoisotopic (exact) mass is 254 g/mol. The molecule has 1 heterocycles. The highest BCUT2D eigenvalue weighted by molar-refractivity contribution is 7.18. The van der Waals surface area contributed by atoms with Crippen LogP contribution < -0.4 is 5.73 Å². The molecule has 2 nitrogen and oxygen atoms in total. The molecule has 2 aromatic carbocycles. The molecule has 3 rings (SSSR count). The Morgan fingerprint density at radius 3 is 2.56 bits per heavy atom. The lowest BCUT2D eigenvalue weighted by Crippen LogP contribution is -2.12. The van der Waals surface area contributed by atoms with Gasteiger partial charge in [-0.3, -0.25) is 0 Å². The van der Waals surface area contributed by atoms with E-state index in [1.807, 2.05) is 30.3 Å². The summed E-state index contributed by atoms with van der Waals surface area (Å²) in [5, 5.41) is 0.977. The second kappa shape index (κ2) is 4.52. The van der Waals surface area contributed by atoms with E-state index in [0.29, 0.717) is 0 Å². The SMILES string of the molecule is Cc1ccccc1C(N)c1nc2ccccc2s1. The van der Waals surface area contributed by atoms with E-state index in [0.717, 1.165) is 16.1 Å². The minimum Gasteiger partial charge on any atom is -0.318 e. The third-order valence-corrected chi connectivity index (χ3v) is 4.22. The van der Waals surface area contributed by atoms with Crippen LogP contribution in [0.15, 0.2) is 48.5 Å². The zero-order valence-electron chi connectivity index (χ0n) is 10.1. The lowest BCUT2D eigenvalue weighted by Gasteiger charge is -2.11. The Bertz CT molecular complexity index is 655. The van der Waals surface area contributed by atoms with E-state index >= 15 is 0 Å². The van der Waals surface area contributed by atoms with Crippen molar-refractivity contribution in [3.05, 3.63) is 64.7 Å². The largest absolute Gasteiger partial charge is 0.318 e. The van der Waals surface area contributed by atoms with Gasteiger partial charge >= 0.3 is 0 Å². The van der Waals surface area contributed by atoms with Crippen LogP contribution in [0, 0.1) is 6.92 Å². The quantitative estimate of drug-likeness (QED) is 0.758. The molecular formula is C15H14N2S. The van der Waals surface area contributed by atoms with E-state index in [1.54, 1.807) is 11.3 Å². The molecule has 2 N–H and O–H groups in total. The average Bonchev–Trinajstić information content (AvgIpc) is 2.82. The molecule has 1 aromatic heterocycles. The molecule has 1 atom stereocenters. The molecule has 0 saturated heterocycles. The Morgan fingerprint density at radius 2 is 1.78 bits per heavy atom. The highest BCUT2D eigenvalue weighted by Gasteiger charge is 2.15. The molecule has 18 heavy (non-hydrogen) atoms. The van der Waals surface area contributed by atoms with Gasteiger partial charge in [-0.05, 0) is 30.2 Å². The molecule has 0 aliphatic rings. The fourth-order valence-corrected chi connectivity index (χ4v) is 3.08. The third-order valence-electron chi connectivity index (χ3n) is 3.10. The van der Waals surface area contributed by atoms with Crippen LogP contribution in [0.5, 0.6) is 0 Å². The smallest absolute Gasteiger partial charge is 0.115 e. The van der Waals surface area contributed by atoms with Gasteiger partial charge in [0, 0.05) is 0 Å². The number of rotatable bonds is 2. The van der Waals surface area contributed by atoms with Crippen LogP contribution in [-0.2, 0) is 0 Å². The van der Waals surface area contributed by atoms with Crippen molar-refractivity contribution in [3.63, 3.8) is 0 Å². The zero-order chi connectivity index (χ0) is 12.5. The highest BCUT2D eigenvalue weighted by Crippen LogP contribution is 2.29. The Balaban J connectivity index is 2.07. The maximum absolute atomic E-state index is 6.33. The predicted octanol–water partition coefficient (Wildman–Crippen LogP) is 3.65. The lowest BCUT2D eigenvalue weighted by molar-refractivity contribution is 0.852. The number of para-hydroxylation sites is 1. The first-order chi connectivity index (χ1) is 8.75. The summed E-state index contributed by atoms with van der Waals surface area (Å²) in [5.41, 5.74) is 9.72. The molecule has 0 aliphatic heterocycles. The Hall–Kier alpha value is -1.71. The van der Waals surface area contributed by atoms with Crippen LogP contribution in [-0.4, -0.2) is 4.98 Å². The van der Waals surface area contributed by atoms with Crippen molar-refractivity contribution in [1.82, 2.24) is 4.98 Å². The second-order valence-electron chi connectivity index (χ2n) is 4.35. The number of fused-ring (bicyclic) bond motifs is 1. The molecular weight excluding hydrogens is 240 g/mol. The summed E-state index contributed by atoms with van der Waals surface area (Å²) in [5.74, 6) is 0. The molecule has 90 valence electrons. The number of nitrogens with two attached hydrogens (primary N) is 1. The van der Waals surface area contributed by atoms with Gasteiger partial charge in [0.25, 0.3) is 0 Å². The molecule has 0 radical (unpaired) electrons. The summed E-state index contributed by atoms with van der Waals surface area (Å²) < 4.78 is 1.19. The topological polar surface area (TPSA) is 38.9 Å². The van der Waals surface area contributed by atoms with Crippen LogP contribution in [0.3, 0.4) is 0 Å². The van der Waals surface area contributed by atoms with Crippen LogP contribution in [0.4, 0.5) is 0 Å². The predicted molar refractivity (Wildman–Crippen MR) is 76.8 cm³/mol. The van der Waals surface area contributed by atoms with Crippen molar-refractivity contribution in [3.8, 4) is 0 Å². The van der Waals surface area contributed by atoms with E-state index in [1.165, 1.54) is 10.3 Å². The third kappa shape index (κ3) is 1.92. The van der Waals surface area contributed by atoms with Crippen LogP contribution in [0.1, 0.15) is 22.2 Å². The summed E-state index contributed by atoms with van der Waals surface area (Å²) in [7, 11) is 0. The fourth-order valence-electron chi connectivity index (χ4n) is 2.09. The van der Waals surface area contributed by atoms with Crippen LogP contribution >= 0.6 is 11.3 Å². The van der Waals surface area contributed by atoms with Crippen LogP contribution in [0.2, 0.25) is 0 Å². The highest BCUT2D eigenvalue weighted by atomic mass is 32.1. The van der Waals surface area contributed by atoms with Gasteiger partial charge in [-0.15, -0.1) is 11.3 Å². The number of thiazole rings is 1. The van der Waals surface area contributed by atoms with Crippen molar-refractivity contribution in [2.75, 3.05) is 0 Å². The van der Waals surface area contributed by atoms with Gasteiger partial charge in [0.1, 0.15) is 5.01 Å². The zero-order valence-corrected chi connectivity index (χ0v) is 10.9. The molecule has 0 spiro atoms. The van der Waals surface area contributed by atoms with Gasteiger partial charge in [-0.1, -0.05) is 36.4 Å². The number of hydrogen-bond acceptors (Lipinski definition) is 3. The average molecular weight is 254 g/mol. The second-order valence-corrected chi connectivity index (χ2v) is 5.42. The van der Waals surface area contributed by atoms with Gasteiger partial charge in [0.05, 0.1) is 16.3 Å². The van der Waals surface area contributed by atoms with Crippen molar-refractivity contribution in [1.29, 1.82) is 0 Å². The van der Waals surface area contributed by atoms with E-state index in [2.05, 4.69) is 30.1 Å². The standard InChI is InChI=1S/C15H14N2S/c1-10-6-2-3-7-11(10)14(16)15-17-12-8-4-5-9-13(12)18-15/h2-9,14H,16H2,1H3. The first-order valence-corrected chi connectivity index (χ1v) is 6.74. The summed E-state index contributed by atoms with van der Waals surface area (Å²) in [6.07, 6.45) is 0. The number of benzene rings is 2. The molecule has 0 amide bonds. The Labute approximate surface area is 110 Å². The lowest BCUT2D eigenvalue weighted by atomic mass is 10.0. The molecule has 0 bridgehead atoms. The van der Waals surface area contributed by atoms with Crippen LogP contribution in [0.25, 0.3) is 10.2 Å². The minimum absolute atomic E-state index is 0.136. The van der Waals surface area contributed by atoms with Gasteiger partial charge < -0.3 is 5.73 Å². The van der Waals surface area contributed by atoms with Gasteiger partial charge in [-0.2, -0.15) is 0 Å². The fraction of sp³-hybridized carbons (Fsp3) is 0.133. The number of nitrogens with zero attached hydrogens (tertiary/aromatic N) is 1. The van der Waals surface area contributed by atoms with Crippen molar-refractivity contribution < 1.29 is 0 Å². The minimum atomic E-state index is -0.136.